The molecule has 0 amide bonds. The van der Waals surface area contributed by atoms with E-state index in [-0.39, 0.29) is 48.1 Å². The molecule has 5 nitrogen and oxygen atoms in total. The standard InChI is InChI=1S/C13H22O5.H2Te/c1-8(2)17-13(11(6)15,18-9(3)4)12(16)7-10(5)14;/h8-9H,7H2,1-6H3;1H2. The SMILES string of the molecule is CC(=O)CC(=O)C(OC(C)C)(OC(C)C)C(C)=O.[TeH2]. The first-order valence-electron chi connectivity index (χ1n) is 6.01. The Morgan fingerprint density at radius 2 is 1.32 bits per heavy atom. The number of carbonyl (C=O) groups is 3. The Morgan fingerprint density at radius 1 is 0.947 bits per heavy atom. The van der Waals surface area contributed by atoms with E-state index in [1.807, 2.05) is 0 Å². The summed E-state index contributed by atoms with van der Waals surface area (Å²) in [6, 6.07) is 0. The molecule has 0 heterocycles. The number of hydrogen-bond donors (Lipinski definition) is 0. The van der Waals surface area contributed by atoms with Crippen molar-refractivity contribution in [2.75, 3.05) is 0 Å². The minimum absolute atomic E-state index is 0. The molecule has 0 N–H and O–H groups in total. The fourth-order valence-corrected chi connectivity index (χ4v) is 1.53. The number of Topliss-reactive ketones (excluding diaryl/α,β-unsaturated/α-hetero) is 3. The first-order valence-corrected chi connectivity index (χ1v) is 6.01. The van der Waals surface area contributed by atoms with Gasteiger partial charge >= 0.3 is 23.7 Å². The zero-order valence-electron chi connectivity index (χ0n) is 12.4. The summed E-state index contributed by atoms with van der Waals surface area (Å²) in [5, 5.41) is 0. The van der Waals surface area contributed by atoms with Crippen LogP contribution in [0.5, 0.6) is 0 Å². The topological polar surface area (TPSA) is 69.7 Å². The zero-order chi connectivity index (χ0) is 14.5. The van der Waals surface area contributed by atoms with Gasteiger partial charge in [0.2, 0.25) is 5.78 Å². The molecule has 0 radical (unpaired) electrons. The summed E-state index contributed by atoms with van der Waals surface area (Å²) in [6.45, 7) is 9.30. The molecule has 0 aromatic rings. The molecule has 0 saturated carbocycles. The molecule has 0 fully saturated rings. The van der Waals surface area contributed by atoms with Crippen LogP contribution in [0.1, 0.15) is 48.0 Å². The molecule has 0 spiro atoms. The van der Waals surface area contributed by atoms with Crippen molar-refractivity contribution in [3.8, 4) is 0 Å². The van der Waals surface area contributed by atoms with Gasteiger partial charge in [-0.2, -0.15) is 0 Å². The molecule has 0 rings (SSSR count). The van der Waals surface area contributed by atoms with E-state index in [1.54, 1.807) is 27.7 Å². The van der Waals surface area contributed by atoms with E-state index in [0.717, 1.165) is 0 Å². The van der Waals surface area contributed by atoms with Crippen molar-refractivity contribution in [1.82, 2.24) is 0 Å². The molecule has 112 valence electrons. The van der Waals surface area contributed by atoms with Crippen LogP contribution in [-0.2, 0) is 23.9 Å². The first-order chi connectivity index (χ1) is 8.11. The van der Waals surface area contributed by atoms with Crippen LogP contribution in [0.15, 0.2) is 0 Å². The van der Waals surface area contributed by atoms with Crippen LogP contribution < -0.4 is 0 Å². The Morgan fingerprint density at radius 3 is 1.53 bits per heavy atom. The predicted molar refractivity (Wildman–Crippen MR) is 74.7 cm³/mol. The third-order valence-electron chi connectivity index (χ3n) is 2.04. The van der Waals surface area contributed by atoms with Crippen molar-refractivity contribution in [3.05, 3.63) is 0 Å². The van der Waals surface area contributed by atoms with Gasteiger partial charge in [-0.15, -0.1) is 0 Å². The summed E-state index contributed by atoms with van der Waals surface area (Å²) in [7, 11) is 0. The van der Waals surface area contributed by atoms with Gasteiger partial charge in [-0.1, -0.05) is 0 Å². The quantitative estimate of drug-likeness (QED) is 0.349. The predicted octanol–water partition coefficient (Wildman–Crippen LogP) is 0.754. The van der Waals surface area contributed by atoms with Crippen LogP contribution in [0, 0.1) is 0 Å². The average molecular weight is 388 g/mol. The van der Waals surface area contributed by atoms with Crippen LogP contribution in [-0.4, -0.2) is 59.0 Å². The first kappa shape index (κ1) is 21.0. The molecular formula is C13H24O5Te. The molecule has 0 aromatic heterocycles. The fraction of sp³-hybridized carbons (Fsp3) is 0.769. The third kappa shape index (κ3) is 6.62. The van der Waals surface area contributed by atoms with E-state index < -0.39 is 17.4 Å². The molecule has 6 heteroatoms. The zero-order valence-corrected chi connectivity index (χ0v) is 15.3. The van der Waals surface area contributed by atoms with Crippen molar-refractivity contribution in [3.63, 3.8) is 0 Å². The van der Waals surface area contributed by atoms with Gasteiger partial charge in [0.15, 0.2) is 5.78 Å². The summed E-state index contributed by atoms with van der Waals surface area (Å²) < 4.78 is 10.8. The second-order valence-corrected chi connectivity index (χ2v) is 4.81. The van der Waals surface area contributed by atoms with E-state index in [2.05, 4.69) is 0 Å². The van der Waals surface area contributed by atoms with Gasteiger partial charge in [0.25, 0.3) is 5.79 Å². The molecule has 0 aliphatic rings. The summed E-state index contributed by atoms with van der Waals surface area (Å²) in [4.78, 5) is 34.9. The molecule has 0 bridgehead atoms. The molecule has 0 unspecified atom stereocenters. The van der Waals surface area contributed by atoms with Crippen LogP contribution in [0.25, 0.3) is 0 Å². The number of ketones is 3. The van der Waals surface area contributed by atoms with Crippen LogP contribution in [0.4, 0.5) is 0 Å². The van der Waals surface area contributed by atoms with Gasteiger partial charge in [0.05, 0.1) is 18.6 Å². The van der Waals surface area contributed by atoms with Gasteiger partial charge in [-0.05, 0) is 34.6 Å². The van der Waals surface area contributed by atoms with E-state index in [1.165, 1.54) is 13.8 Å². The van der Waals surface area contributed by atoms with Gasteiger partial charge in [-0.3, -0.25) is 14.4 Å². The van der Waals surface area contributed by atoms with Crippen molar-refractivity contribution >= 4 is 41.0 Å². The minimum atomic E-state index is -1.96. The van der Waals surface area contributed by atoms with Crippen molar-refractivity contribution in [1.29, 1.82) is 0 Å². The molecule has 19 heavy (non-hydrogen) atoms. The van der Waals surface area contributed by atoms with E-state index in [0.29, 0.717) is 0 Å². The van der Waals surface area contributed by atoms with Crippen LogP contribution in [0.3, 0.4) is 0 Å². The van der Waals surface area contributed by atoms with Crippen LogP contribution in [0.2, 0.25) is 0 Å². The summed E-state index contributed by atoms with van der Waals surface area (Å²) >= 11 is 0. The number of rotatable bonds is 8. The Bertz CT molecular complexity index is 326. The van der Waals surface area contributed by atoms with Gasteiger partial charge < -0.3 is 9.47 Å². The van der Waals surface area contributed by atoms with Gasteiger partial charge in [-0.25, -0.2) is 0 Å². The molecule has 0 aromatic carbocycles. The monoisotopic (exact) mass is 390 g/mol. The Kier molecular flexibility index (Phi) is 9.74. The Hall–Kier alpha value is -0.280. The van der Waals surface area contributed by atoms with Crippen LogP contribution >= 0.6 is 0 Å². The van der Waals surface area contributed by atoms with Gasteiger partial charge in [0, 0.05) is 6.92 Å². The fourth-order valence-electron chi connectivity index (χ4n) is 1.53. The maximum atomic E-state index is 12.1. The summed E-state index contributed by atoms with van der Waals surface area (Å²) in [6.07, 6.45) is -1.12. The second-order valence-electron chi connectivity index (χ2n) is 4.81. The maximum absolute atomic E-state index is 12.1. The second kappa shape index (κ2) is 8.80. The molecule has 0 atom stereocenters. The Balaban J connectivity index is 0. The number of hydrogen-bond acceptors (Lipinski definition) is 5. The average Bonchev–Trinajstić information content (AvgIpc) is 2.13. The normalized spacial score (nSPS) is 11.4. The van der Waals surface area contributed by atoms with Crippen molar-refractivity contribution in [2.45, 2.75) is 66.0 Å². The van der Waals surface area contributed by atoms with Crippen molar-refractivity contribution in [2.24, 2.45) is 0 Å². The summed E-state index contributed by atoms with van der Waals surface area (Å²) in [5.74, 6) is -3.49. The van der Waals surface area contributed by atoms with E-state index >= 15 is 0 Å². The van der Waals surface area contributed by atoms with Crippen molar-refractivity contribution < 1.29 is 23.9 Å². The molecular weight excluding hydrogens is 364 g/mol. The van der Waals surface area contributed by atoms with E-state index in [4.69, 9.17) is 9.47 Å². The summed E-state index contributed by atoms with van der Waals surface area (Å²) in [5.41, 5.74) is 0. The Labute approximate surface area is 131 Å². The molecule has 0 saturated heterocycles. The van der Waals surface area contributed by atoms with Gasteiger partial charge in [0.1, 0.15) is 5.78 Å². The number of carbonyl (C=O) groups excluding carboxylic acids is 3. The number of ether oxygens (including phenoxy) is 2. The third-order valence-corrected chi connectivity index (χ3v) is 2.04. The molecule has 0 aliphatic carbocycles. The van der Waals surface area contributed by atoms with E-state index in [9.17, 15) is 14.4 Å². The molecule has 0 aliphatic heterocycles.